The van der Waals surface area contributed by atoms with E-state index in [9.17, 15) is 0 Å². The zero-order chi connectivity index (χ0) is 22.5. The minimum absolute atomic E-state index is 0.531. The van der Waals surface area contributed by atoms with Crippen LogP contribution >= 0.6 is 0 Å². The molecule has 7 aromatic rings. The Bertz CT molecular complexity index is 1850. The second kappa shape index (κ2) is 7.31. The first-order chi connectivity index (χ1) is 16.8. The fraction of sp³-hybridized carbons (Fsp3) is 0. The Morgan fingerprint density at radius 3 is 2.06 bits per heavy atom. The third kappa shape index (κ3) is 2.87. The molecule has 3 aromatic carbocycles. The Morgan fingerprint density at radius 2 is 1.24 bits per heavy atom. The van der Waals surface area contributed by atoms with Gasteiger partial charge in [0.25, 0.3) is 0 Å². The number of nitrogens with zero attached hydrogens (tertiary/aromatic N) is 7. The lowest BCUT2D eigenvalue weighted by atomic mass is 10.1. The molecule has 0 aliphatic rings. The van der Waals surface area contributed by atoms with Crippen molar-refractivity contribution in [2.45, 2.75) is 0 Å². The first kappa shape index (κ1) is 18.6. The number of pyridine rings is 2. The van der Waals surface area contributed by atoms with E-state index in [0.29, 0.717) is 17.2 Å². The van der Waals surface area contributed by atoms with Gasteiger partial charge in [0, 0.05) is 45.9 Å². The molecule has 0 aliphatic carbocycles. The SMILES string of the molecule is c1cc(-c2ncc3ccccc3n2)cc(-c2nnc3c4cccnc4c4ncccc4c3n2)c1. The average Bonchev–Trinajstić information content (AvgIpc) is 2.93. The smallest absolute Gasteiger partial charge is 0.182 e. The van der Waals surface area contributed by atoms with Crippen molar-refractivity contribution in [3.8, 4) is 22.8 Å². The summed E-state index contributed by atoms with van der Waals surface area (Å²) in [6.07, 6.45) is 5.37. The lowest BCUT2D eigenvalue weighted by molar-refractivity contribution is 1.04. The highest BCUT2D eigenvalue weighted by Crippen LogP contribution is 2.31. The van der Waals surface area contributed by atoms with Crippen molar-refractivity contribution >= 4 is 43.7 Å². The molecule has 0 bridgehead atoms. The van der Waals surface area contributed by atoms with Crippen LogP contribution in [0, 0.1) is 0 Å². The van der Waals surface area contributed by atoms with Crippen LogP contribution in [0.25, 0.3) is 66.5 Å². The van der Waals surface area contributed by atoms with Gasteiger partial charge in [-0.15, -0.1) is 10.2 Å². The van der Waals surface area contributed by atoms with Gasteiger partial charge in [-0.1, -0.05) is 36.4 Å². The normalized spacial score (nSPS) is 11.5. The Kier molecular flexibility index (Phi) is 4.01. The second-order valence-corrected chi connectivity index (χ2v) is 7.96. The van der Waals surface area contributed by atoms with Crippen LogP contribution in [0.3, 0.4) is 0 Å². The quantitative estimate of drug-likeness (QED) is 0.335. The van der Waals surface area contributed by atoms with Crippen LogP contribution in [-0.2, 0) is 0 Å². The summed E-state index contributed by atoms with van der Waals surface area (Å²) in [6.45, 7) is 0. The van der Waals surface area contributed by atoms with Gasteiger partial charge in [0.1, 0.15) is 11.0 Å². The molecular formula is C27H15N7. The van der Waals surface area contributed by atoms with Gasteiger partial charge < -0.3 is 0 Å². The number of para-hydroxylation sites is 1. The lowest BCUT2D eigenvalue weighted by Gasteiger charge is -2.09. The van der Waals surface area contributed by atoms with E-state index in [1.165, 1.54) is 0 Å². The Hall–Kier alpha value is -4.91. The van der Waals surface area contributed by atoms with Gasteiger partial charge in [0.2, 0.25) is 0 Å². The molecule has 34 heavy (non-hydrogen) atoms. The molecular weight excluding hydrogens is 422 g/mol. The zero-order valence-electron chi connectivity index (χ0n) is 17.8. The predicted octanol–water partition coefficient (Wildman–Crippen LogP) is 5.40. The van der Waals surface area contributed by atoms with Gasteiger partial charge in [-0.3, -0.25) is 9.97 Å². The Balaban J connectivity index is 1.42. The highest BCUT2D eigenvalue weighted by molar-refractivity contribution is 6.20. The largest absolute Gasteiger partial charge is 0.254 e. The van der Waals surface area contributed by atoms with Crippen LogP contribution in [0.4, 0.5) is 0 Å². The van der Waals surface area contributed by atoms with Gasteiger partial charge in [-0.25, -0.2) is 15.0 Å². The molecule has 158 valence electrons. The van der Waals surface area contributed by atoms with E-state index < -0.39 is 0 Å². The summed E-state index contributed by atoms with van der Waals surface area (Å²) in [5.41, 5.74) is 5.69. The van der Waals surface area contributed by atoms with Gasteiger partial charge in [-0.2, -0.15) is 0 Å². The van der Waals surface area contributed by atoms with E-state index in [-0.39, 0.29) is 0 Å². The number of hydrogen-bond acceptors (Lipinski definition) is 7. The summed E-state index contributed by atoms with van der Waals surface area (Å²) in [7, 11) is 0. The molecule has 0 spiro atoms. The Morgan fingerprint density at radius 1 is 0.500 bits per heavy atom. The molecule has 0 saturated carbocycles. The number of rotatable bonds is 2. The van der Waals surface area contributed by atoms with Gasteiger partial charge in [-0.05, 0) is 36.4 Å². The number of benzene rings is 3. The molecule has 4 heterocycles. The maximum absolute atomic E-state index is 4.93. The summed E-state index contributed by atoms with van der Waals surface area (Å²) < 4.78 is 0. The first-order valence-electron chi connectivity index (χ1n) is 10.8. The molecule has 0 atom stereocenters. The van der Waals surface area contributed by atoms with Gasteiger partial charge >= 0.3 is 0 Å². The maximum Gasteiger partial charge on any atom is 0.182 e. The van der Waals surface area contributed by atoms with Gasteiger partial charge in [0.05, 0.1) is 16.6 Å². The van der Waals surface area contributed by atoms with Crippen molar-refractivity contribution in [3.63, 3.8) is 0 Å². The van der Waals surface area contributed by atoms with Crippen molar-refractivity contribution < 1.29 is 0 Å². The molecule has 7 heteroatoms. The molecule has 7 rings (SSSR count). The summed E-state index contributed by atoms with van der Waals surface area (Å²) >= 11 is 0. The maximum atomic E-state index is 4.93. The minimum atomic E-state index is 0.531. The second-order valence-electron chi connectivity index (χ2n) is 7.96. The summed E-state index contributed by atoms with van der Waals surface area (Å²) in [5, 5.41) is 11.8. The van der Waals surface area contributed by atoms with Crippen LogP contribution in [0.2, 0.25) is 0 Å². The third-order valence-corrected chi connectivity index (χ3v) is 5.90. The molecule has 7 nitrogen and oxygen atoms in total. The molecule has 0 radical (unpaired) electrons. The van der Waals surface area contributed by atoms with Crippen molar-refractivity contribution in [3.05, 3.63) is 91.4 Å². The number of aromatic nitrogens is 7. The van der Waals surface area contributed by atoms with E-state index in [1.807, 2.05) is 79.0 Å². The third-order valence-electron chi connectivity index (χ3n) is 5.90. The monoisotopic (exact) mass is 437 g/mol. The van der Waals surface area contributed by atoms with Crippen LogP contribution in [-0.4, -0.2) is 35.1 Å². The number of hydrogen-bond donors (Lipinski definition) is 0. The van der Waals surface area contributed by atoms with Crippen molar-refractivity contribution in [1.82, 2.24) is 35.1 Å². The van der Waals surface area contributed by atoms with Gasteiger partial charge in [0.15, 0.2) is 11.6 Å². The molecule has 0 saturated heterocycles. The average molecular weight is 437 g/mol. The van der Waals surface area contributed by atoms with Crippen molar-refractivity contribution in [2.24, 2.45) is 0 Å². The number of fused-ring (bicyclic) bond motifs is 7. The summed E-state index contributed by atoms with van der Waals surface area (Å²) in [4.78, 5) is 23.3. The minimum Gasteiger partial charge on any atom is -0.254 e. The van der Waals surface area contributed by atoms with E-state index in [1.54, 1.807) is 12.4 Å². The van der Waals surface area contributed by atoms with E-state index in [2.05, 4.69) is 25.1 Å². The fourth-order valence-electron chi connectivity index (χ4n) is 4.30. The van der Waals surface area contributed by atoms with E-state index in [0.717, 1.165) is 49.4 Å². The van der Waals surface area contributed by atoms with Crippen molar-refractivity contribution in [2.75, 3.05) is 0 Å². The topological polar surface area (TPSA) is 90.2 Å². The molecule has 0 aliphatic heterocycles. The fourth-order valence-corrected chi connectivity index (χ4v) is 4.30. The highest BCUT2D eigenvalue weighted by Gasteiger charge is 2.15. The van der Waals surface area contributed by atoms with Crippen LogP contribution < -0.4 is 0 Å². The highest BCUT2D eigenvalue weighted by atomic mass is 15.2. The predicted molar refractivity (Wildman–Crippen MR) is 132 cm³/mol. The molecule has 4 aromatic heterocycles. The first-order valence-corrected chi connectivity index (χ1v) is 10.8. The standard InChI is InChI=1S/C27H15N7/c1-2-11-21-18(6-1)15-30-26(31-21)16-7-3-8-17(14-16)27-32-24-19-9-4-12-28-22(19)23-20(10-5-13-29-23)25(24)33-34-27/h1-15H. The Labute approximate surface area is 193 Å². The van der Waals surface area contributed by atoms with Crippen LogP contribution in [0.1, 0.15) is 0 Å². The molecule has 0 amide bonds. The van der Waals surface area contributed by atoms with Crippen molar-refractivity contribution in [1.29, 1.82) is 0 Å². The summed E-state index contributed by atoms with van der Waals surface area (Å²) in [6, 6.07) is 23.6. The van der Waals surface area contributed by atoms with E-state index in [4.69, 9.17) is 9.97 Å². The zero-order valence-corrected chi connectivity index (χ0v) is 17.8. The molecule has 0 N–H and O–H groups in total. The summed E-state index contributed by atoms with van der Waals surface area (Å²) in [5.74, 6) is 1.18. The lowest BCUT2D eigenvalue weighted by Crippen LogP contribution is -1.98. The van der Waals surface area contributed by atoms with E-state index >= 15 is 0 Å². The molecule has 0 unspecified atom stereocenters. The van der Waals surface area contributed by atoms with Crippen LogP contribution in [0.15, 0.2) is 91.4 Å². The van der Waals surface area contributed by atoms with Crippen LogP contribution in [0.5, 0.6) is 0 Å². The molecule has 0 fully saturated rings.